The molecule has 0 heterocycles. The highest BCUT2D eigenvalue weighted by atomic mass is 16.5. The first kappa shape index (κ1) is 14.1. The third kappa shape index (κ3) is 3.57. The van der Waals surface area contributed by atoms with Crippen molar-refractivity contribution >= 4 is 5.97 Å². The molecule has 1 aromatic rings. The highest BCUT2D eigenvalue weighted by Crippen LogP contribution is 2.22. The van der Waals surface area contributed by atoms with Gasteiger partial charge in [0.2, 0.25) is 0 Å². The van der Waals surface area contributed by atoms with Crippen LogP contribution in [0.15, 0.2) is 24.3 Å². The van der Waals surface area contributed by atoms with E-state index in [-0.39, 0.29) is 12.0 Å². The molecule has 0 amide bonds. The predicted octanol–water partition coefficient (Wildman–Crippen LogP) is 2.48. The molecule has 1 aromatic carbocycles. The Balaban J connectivity index is 1.94. The molecule has 1 atom stereocenters. The van der Waals surface area contributed by atoms with Crippen LogP contribution in [-0.4, -0.2) is 24.7 Å². The number of fused-ring (bicyclic) bond motifs is 1. The molecule has 1 aliphatic carbocycles. The summed E-state index contributed by atoms with van der Waals surface area (Å²) in [6.07, 6.45) is 3.84. The van der Waals surface area contributed by atoms with Crippen LogP contribution in [0.5, 0.6) is 0 Å². The van der Waals surface area contributed by atoms with E-state index in [9.17, 15) is 4.79 Å². The molecule has 0 spiro atoms. The van der Waals surface area contributed by atoms with E-state index in [0.29, 0.717) is 12.6 Å². The van der Waals surface area contributed by atoms with E-state index >= 15 is 0 Å². The topological polar surface area (TPSA) is 38.3 Å². The summed E-state index contributed by atoms with van der Waals surface area (Å²) in [6.45, 7) is 4.40. The lowest BCUT2D eigenvalue weighted by Gasteiger charge is -2.21. The van der Waals surface area contributed by atoms with E-state index in [2.05, 4.69) is 36.5 Å². The van der Waals surface area contributed by atoms with Crippen LogP contribution < -0.4 is 5.32 Å². The van der Waals surface area contributed by atoms with E-state index in [0.717, 1.165) is 25.7 Å². The molecule has 3 nitrogen and oxygen atoms in total. The first-order chi connectivity index (χ1) is 9.24. The Labute approximate surface area is 115 Å². The summed E-state index contributed by atoms with van der Waals surface area (Å²) in [5.41, 5.74) is 2.80. The van der Waals surface area contributed by atoms with Crippen LogP contribution in [0.2, 0.25) is 0 Å². The van der Waals surface area contributed by atoms with E-state index in [1.807, 2.05) is 6.92 Å². The standard InChI is InChI=1S/C16H23NO2/c1-3-7-15(16(18)19-4-2)17-14-10-12-8-5-6-9-13(12)11-14/h5-6,8-9,14-15,17H,3-4,7,10-11H2,1-2H3. The smallest absolute Gasteiger partial charge is 0.323 e. The second-order valence-corrected chi connectivity index (χ2v) is 5.13. The van der Waals surface area contributed by atoms with Gasteiger partial charge in [0, 0.05) is 6.04 Å². The van der Waals surface area contributed by atoms with Gasteiger partial charge in [-0.05, 0) is 37.3 Å². The van der Waals surface area contributed by atoms with Gasteiger partial charge in [-0.3, -0.25) is 4.79 Å². The Hall–Kier alpha value is -1.35. The van der Waals surface area contributed by atoms with Crippen molar-refractivity contribution in [2.24, 2.45) is 0 Å². The minimum absolute atomic E-state index is 0.111. The van der Waals surface area contributed by atoms with Crippen LogP contribution in [0.25, 0.3) is 0 Å². The van der Waals surface area contributed by atoms with Crippen LogP contribution in [0.1, 0.15) is 37.8 Å². The first-order valence-electron chi connectivity index (χ1n) is 7.24. The fourth-order valence-corrected chi connectivity index (χ4v) is 2.76. The SMILES string of the molecule is CCCC(NC1Cc2ccccc2C1)C(=O)OCC. The Morgan fingerprint density at radius 3 is 2.47 bits per heavy atom. The average molecular weight is 261 g/mol. The maximum atomic E-state index is 11.9. The average Bonchev–Trinajstić information content (AvgIpc) is 2.80. The number of benzene rings is 1. The summed E-state index contributed by atoms with van der Waals surface area (Å²) in [5, 5.41) is 3.47. The molecular formula is C16H23NO2. The Kier molecular flexibility index (Phi) is 4.97. The van der Waals surface area contributed by atoms with Crippen molar-refractivity contribution in [1.82, 2.24) is 5.32 Å². The number of rotatable bonds is 6. The maximum absolute atomic E-state index is 11.9. The van der Waals surface area contributed by atoms with Gasteiger partial charge >= 0.3 is 5.97 Å². The van der Waals surface area contributed by atoms with Gasteiger partial charge in [-0.15, -0.1) is 0 Å². The molecule has 0 fully saturated rings. The molecule has 0 saturated heterocycles. The van der Waals surface area contributed by atoms with E-state index in [4.69, 9.17) is 4.74 Å². The predicted molar refractivity (Wildman–Crippen MR) is 76.1 cm³/mol. The lowest BCUT2D eigenvalue weighted by atomic mass is 10.1. The third-order valence-corrected chi connectivity index (χ3v) is 3.64. The molecular weight excluding hydrogens is 238 g/mol. The summed E-state index contributed by atoms with van der Waals surface area (Å²) in [7, 11) is 0. The Morgan fingerprint density at radius 2 is 1.95 bits per heavy atom. The molecule has 0 radical (unpaired) electrons. The van der Waals surface area contributed by atoms with Gasteiger partial charge in [0.1, 0.15) is 6.04 Å². The van der Waals surface area contributed by atoms with Crippen LogP contribution in [-0.2, 0) is 22.4 Å². The zero-order valence-corrected chi connectivity index (χ0v) is 11.8. The third-order valence-electron chi connectivity index (χ3n) is 3.64. The van der Waals surface area contributed by atoms with E-state index in [1.54, 1.807) is 0 Å². The second-order valence-electron chi connectivity index (χ2n) is 5.13. The fourth-order valence-electron chi connectivity index (χ4n) is 2.76. The number of esters is 1. The van der Waals surface area contributed by atoms with Gasteiger partial charge < -0.3 is 10.1 Å². The summed E-state index contributed by atoms with van der Waals surface area (Å²) >= 11 is 0. The second kappa shape index (κ2) is 6.71. The minimum atomic E-state index is -0.163. The molecule has 0 aliphatic heterocycles. The summed E-state index contributed by atoms with van der Waals surface area (Å²) in [6, 6.07) is 8.71. The van der Waals surface area contributed by atoms with Crippen LogP contribution in [0, 0.1) is 0 Å². The molecule has 0 saturated carbocycles. The first-order valence-corrected chi connectivity index (χ1v) is 7.24. The molecule has 104 valence electrons. The van der Waals surface area contributed by atoms with E-state index < -0.39 is 0 Å². The molecule has 1 aliphatic rings. The van der Waals surface area contributed by atoms with Crippen molar-refractivity contribution in [2.45, 2.75) is 51.6 Å². The van der Waals surface area contributed by atoms with Crippen molar-refractivity contribution in [3.8, 4) is 0 Å². The normalized spacial score (nSPS) is 16.1. The number of carbonyl (C=O) groups excluding carboxylic acids is 1. The van der Waals surface area contributed by atoms with E-state index in [1.165, 1.54) is 11.1 Å². The van der Waals surface area contributed by atoms with Gasteiger partial charge in [-0.1, -0.05) is 37.6 Å². The van der Waals surface area contributed by atoms with Gasteiger partial charge in [0.05, 0.1) is 6.61 Å². The van der Waals surface area contributed by atoms with Crippen LogP contribution in [0.3, 0.4) is 0 Å². The quantitative estimate of drug-likeness (QED) is 0.800. The molecule has 1 N–H and O–H groups in total. The highest BCUT2D eigenvalue weighted by Gasteiger charge is 2.26. The van der Waals surface area contributed by atoms with Gasteiger partial charge in [-0.2, -0.15) is 0 Å². The minimum Gasteiger partial charge on any atom is -0.465 e. The van der Waals surface area contributed by atoms with Crippen molar-refractivity contribution in [3.63, 3.8) is 0 Å². The van der Waals surface area contributed by atoms with Crippen molar-refractivity contribution < 1.29 is 9.53 Å². The molecule has 19 heavy (non-hydrogen) atoms. The number of nitrogens with one attached hydrogen (secondary N) is 1. The summed E-state index contributed by atoms with van der Waals surface area (Å²) in [4.78, 5) is 11.9. The summed E-state index contributed by atoms with van der Waals surface area (Å²) < 4.78 is 5.14. The largest absolute Gasteiger partial charge is 0.465 e. The maximum Gasteiger partial charge on any atom is 0.323 e. The monoisotopic (exact) mass is 261 g/mol. The highest BCUT2D eigenvalue weighted by molar-refractivity contribution is 5.75. The zero-order valence-electron chi connectivity index (χ0n) is 11.8. The summed E-state index contributed by atoms with van der Waals surface area (Å²) in [5.74, 6) is -0.111. The molecule has 0 aromatic heterocycles. The Morgan fingerprint density at radius 1 is 1.32 bits per heavy atom. The van der Waals surface area contributed by atoms with Gasteiger partial charge in [-0.25, -0.2) is 0 Å². The number of carbonyl (C=O) groups is 1. The zero-order chi connectivity index (χ0) is 13.7. The lowest BCUT2D eigenvalue weighted by Crippen LogP contribution is -2.44. The number of hydrogen-bond acceptors (Lipinski definition) is 3. The Bertz CT molecular complexity index is 406. The van der Waals surface area contributed by atoms with Crippen molar-refractivity contribution in [2.75, 3.05) is 6.61 Å². The molecule has 2 rings (SSSR count). The fraction of sp³-hybridized carbons (Fsp3) is 0.562. The number of hydrogen-bond donors (Lipinski definition) is 1. The molecule has 1 unspecified atom stereocenters. The lowest BCUT2D eigenvalue weighted by molar-refractivity contribution is -0.146. The van der Waals surface area contributed by atoms with Gasteiger partial charge in [0.25, 0.3) is 0 Å². The number of ether oxygens (including phenoxy) is 1. The van der Waals surface area contributed by atoms with Crippen molar-refractivity contribution in [3.05, 3.63) is 35.4 Å². The van der Waals surface area contributed by atoms with Crippen molar-refractivity contribution in [1.29, 1.82) is 0 Å². The van der Waals surface area contributed by atoms with Crippen LogP contribution in [0.4, 0.5) is 0 Å². The molecule has 3 heteroatoms. The van der Waals surface area contributed by atoms with Crippen LogP contribution >= 0.6 is 0 Å². The van der Waals surface area contributed by atoms with Gasteiger partial charge in [0.15, 0.2) is 0 Å². The molecule has 0 bridgehead atoms.